The summed E-state index contributed by atoms with van der Waals surface area (Å²) in [5, 5.41) is 2.42. The van der Waals surface area contributed by atoms with E-state index in [0.29, 0.717) is 0 Å². The third-order valence-corrected chi connectivity index (χ3v) is 6.59. The Morgan fingerprint density at radius 1 is 0.750 bits per heavy atom. The van der Waals surface area contributed by atoms with Crippen LogP contribution in [0.1, 0.15) is 11.1 Å². The van der Waals surface area contributed by atoms with Gasteiger partial charge in [0.1, 0.15) is 5.75 Å². The van der Waals surface area contributed by atoms with Crippen LogP contribution in [-0.2, 0) is 6.54 Å². The van der Waals surface area contributed by atoms with E-state index in [9.17, 15) is 0 Å². The Kier molecular flexibility index (Phi) is 5.83. The number of anilines is 1. The number of hydrogen-bond acceptors (Lipinski definition) is 3. The van der Waals surface area contributed by atoms with E-state index in [1.165, 1.54) is 38.7 Å². The normalized spacial score (nSPS) is 14.6. The lowest BCUT2D eigenvalue weighted by Crippen LogP contribution is -2.46. The highest BCUT2D eigenvalue weighted by Crippen LogP contribution is 2.38. The molecule has 3 nitrogen and oxygen atoms in total. The smallest absolute Gasteiger partial charge is 0.127 e. The largest absolute Gasteiger partial charge is 0.496 e. The molecule has 1 fully saturated rings. The van der Waals surface area contributed by atoms with Crippen LogP contribution in [0.5, 0.6) is 5.75 Å². The molecule has 0 aliphatic carbocycles. The molecule has 4 aromatic carbocycles. The lowest BCUT2D eigenvalue weighted by molar-refractivity contribution is 0.250. The molecule has 0 N–H and O–H groups in total. The number of fused-ring (bicyclic) bond motifs is 1. The van der Waals surface area contributed by atoms with Crippen LogP contribution >= 0.6 is 0 Å². The SMILES string of the molecule is COc1cc(CN2CCN(c3ccccc3C)CC2)c(-c2ccccc2)c2ccccc12. The molecule has 0 amide bonds. The number of benzene rings is 4. The van der Waals surface area contributed by atoms with Gasteiger partial charge in [0, 0.05) is 43.8 Å². The molecular formula is C29H30N2O. The third kappa shape index (κ3) is 3.96. The van der Waals surface area contributed by atoms with Crippen molar-refractivity contribution in [3.8, 4) is 16.9 Å². The second kappa shape index (κ2) is 9.05. The monoisotopic (exact) mass is 422 g/mol. The quantitative estimate of drug-likeness (QED) is 0.384. The van der Waals surface area contributed by atoms with E-state index in [4.69, 9.17) is 4.74 Å². The minimum atomic E-state index is 0.924. The van der Waals surface area contributed by atoms with Gasteiger partial charge < -0.3 is 9.64 Å². The topological polar surface area (TPSA) is 15.7 Å². The van der Waals surface area contributed by atoms with Crippen LogP contribution in [0.15, 0.2) is 84.9 Å². The minimum Gasteiger partial charge on any atom is -0.496 e. The van der Waals surface area contributed by atoms with E-state index >= 15 is 0 Å². The molecule has 162 valence electrons. The molecule has 32 heavy (non-hydrogen) atoms. The number of methoxy groups -OCH3 is 1. The molecular weight excluding hydrogens is 392 g/mol. The van der Waals surface area contributed by atoms with Crippen LogP contribution in [0.2, 0.25) is 0 Å². The second-order valence-electron chi connectivity index (χ2n) is 8.57. The molecule has 1 saturated heterocycles. The van der Waals surface area contributed by atoms with Crippen molar-refractivity contribution in [1.29, 1.82) is 0 Å². The molecule has 0 atom stereocenters. The summed E-state index contributed by atoms with van der Waals surface area (Å²) in [5.74, 6) is 0.953. The van der Waals surface area contributed by atoms with Gasteiger partial charge in [-0.15, -0.1) is 0 Å². The molecule has 0 saturated carbocycles. The van der Waals surface area contributed by atoms with Crippen LogP contribution in [0, 0.1) is 6.92 Å². The van der Waals surface area contributed by atoms with Crippen molar-refractivity contribution in [2.24, 2.45) is 0 Å². The zero-order valence-electron chi connectivity index (χ0n) is 18.9. The zero-order valence-corrected chi connectivity index (χ0v) is 18.9. The number of ether oxygens (including phenoxy) is 1. The second-order valence-corrected chi connectivity index (χ2v) is 8.57. The van der Waals surface area contributed by atoms with Gasteiger partial charge >= 0.3 is 0 Å². The molecule has 1 heterocycles. The zero-order chi connectivity index (χ0) is 21.9. The fourth-order valence-corrected chi connectivity index (χ4v) is 4.94. The summed E-state index contributed by atoms with van der Waals surface area (Å²) in [4.78, 5) is 5.09. The van der Waals surface area contributed by atoms with E-state index in [1.54, 1.807) is 7.11 Å². The Balaban J connectivity index is 1.46. The van der Waals surface area contributed by atoms with Crippen LogP contribution in [-0.4, -0.2) is 38.2 Å². The standard InChI is InChI=1S/C29H30N2O/c1-22-10-6-9-15-27(22)31-18-16-30(17-19-31)21-24-20-28(32-2)25-13-7-8-14-26(25)29(24)23-11-4-3-5-12-23/h3-15,20H,16-19,21H2,1-2H3. The average molecular weight is 423 g/mol. The number of nitrogens with zero attached hydrogens (tertiary/aromatic N) is 2. The average Bonchev–Trinajstić information content (AvgIpc) is 2.85. The Morgan fingerprint density at radius 3 is 2.12 bits per heavy atom. The maximum Gasteiger partial charge on any atom is 0.127 e. The van der Waals surface area contributed by atoms with Gasteiger partial charge in [0.15, 0.2) is 0 Å². The van der Waals surface area contributed by atoms with Gasteiger partial charge in [-0.3, -0.25) is 4.90 Å². The van der Waals surface area contributed by atoms with Crippen molar-refractivity contribution >= 4 is 16.5 Å². The Morgan fingerprint density at radius 2 is 1.41 bits per heavy atom. The van der Waals surface area contributed by atoms with Crippen molar-refractivity contribution in [1.82, 2.24) is 4.90 Å². The van der Waals surface area contributed by atoms with E-state index in [1.807, 2.05) is 0 Å². The van der Waals surface area contributed by atoms with Gasteiger partial charge in [-0.05, 0) is 46.7 Å². The van der Waals surface area contributed by atoms with Crippen LogP contribution in [0.25, 0.3) is 21.9 Å². The summed E-state index contributed by atoms with van der Waals surface area (Å²) in [6.07, 6.45) is 0. The number of piperazine rings is 1. The highest BCUT2D eigenvalue weighted by atomic mass is 16.5. The van der Waals surface area contributed by atoms with Gasteiger partial charge in [0.2, 0.25) is 0 Å². The summed E-state index contributed by atoms with van der Waals surface area (Å²) < 4.78 is 5.81. The van der Waals surface area contributed by atoms with Crippen LogP contribution in [0.4, 0.5) is 5.69 Å². The maximum atomic E-state index is 5.81. The van der Waals surface area contributed by atoms with E-state index in [-0.39, 0.29) is 0 Å². The molecule has 0 radical (unpaired) electrons. The van der Waals surface area contributed by atoms with Crippen molar-refractivity contribution in [3.63, 3.8) is 0 Å². The number of rotatable bonds is 5. The van der Waals surface area contributed by atoms with Crippen molar-refractivity contribution in [2.75, 3.05) is 38.2 Å². The molecule has 3 heteroatoms. The van der Waals surface area contributed by atoms with Gasteiger partial charge in [-0.1, -0.05) is 72.8 Å². The predicted molar refractivity (Wildman–Crippen MR) is 135 cm³/mol. The van der Waals surface area contributed by atoms with Crippen molar-refractivity contribution in [2.45, 2.75) is 13.5 Å². The van der Waals surface area contributed by atoms with E-state index in [2.05, 4.69) is 102 Å². The summed E-state index contributed by atoms with van der Waals surface area (Å²) >= 11 is 0. The summed E-state index contributed by atoms with van der Waals surface area (Å²) in [7, 11) is 1.77. The third-order valence-electron chi connectivity index (χ3n) is 6.59. The molecule has 0 aromatic heterocycles. The summed E-state index contributed by atoms with van der Waals surface area (Å²) in [6, 6.07) is 30.3. The Labute approximate surface area is 190 Å². The van der Waals surface area contributed by atoms with Gasteiger partial charge in [0.05, 0.1) is 7.11 Å². The van der Waals surface area contributed by atoms with Gasteiger partial charge in [0.25, 0.3) is 0 Å². The lowest BCUT2D eigenvalue weighted by Gasteiger charge is -2.37. The maximum absolute atomic E-state index is 5.81. The van der Waals surface area contributed by atoms with E-state index in [0.717, 1.165) is 38.5 Å². The number of para-hydroxylation sites is 1. The fourth-order valence-electron chi connectivity index (χ4n) is 4.94. The molecule has 0 bridgehead atoms. The summed E-state index contributed by atoms with van der Waals surface area (Å²) in [5.41, 5.74) is 6.63. The van der Waals surface area contributed by atoms with E-state index < -0.39 is 0 Å². The first-order valence-corrected chi connectivity index (χ1v) is 11.4. The molecule has 1 aliphatic rings. The highest BCUT2D eigenvalue weighted by Gasteiger charge is 2.21. The first-order chi connectivity index (χ1) is 15.7. The first kappa shape index (κ1) is 20.6. The molecule has 1 aliphatic heterocycles. The lowest BCUT2D eigenvalue weighted by atomic mass is 9.92. The van der Waals surface area contributed by atoms with Crippen LogP contribution in [0.3, 0.4) is 0 Å². The minimum absolute atomic E-state index is 0.924. The predicted octanol–water partition coefficient (Wildman–Crippen LogP) is 6.15. The Bertz CT molecular complexity index is 1210. The highest BCUT2D eigenvalue weighted by molar-refractivity contribution is 6.01. The number of aryl methyl sites for hydroxylation is 1. The van der Waals surface area contributed by atoms with Crippen LogP contribution < -0.4 is 9.64 Å². The number of hydrogen-bond donors (Lipinski definition) is 0. The molecule has 0 unspecified atom stereocenters. The van der Waals surface area contributed by atoms with Gasteiger partial charge in [-0.2, -0.15) is 0 Å². The van der Waals surface area contributed by atoms with Gasteiger partial charge in [-0.25, -0.2) is 0 Å². The summed E-state index contributed by atoms with van der Waals surface area (Å²) in [6.45, 7) is 7.34. The molecule has 5 rings (SSSR count). The molecule has 4 aromatic rings. The molecule has 0 spiro atoms. The first-order valence-electron chi connectivity index (χ1n) is 11.4. The fraction of sp³-hybridized carbons (Fsp3) is 0.241. The van der Waals surface area contributed by atoms with Crippen molar-refractivity contribution in [3.05, 3.63) is 96.1 Å². The van der Waals surface area contributed by atoms with Crippen molar-refractivity contribution < 1.29 is 4.74 Å². The Hall–Kier alpha value is -3.30.